The lowest BCUT2D eigenvalue weighted by atomic mass is 9.84. The molecule has 2 aromatic rings. The van der Waals surface area contributed by atoms with Gasteiger partial charge in [-0.1, -0.05) is 5.16 Å². The molecule has 0 unspecified atom stereocenters. The average Bonchev–Trinajstić information content (AvgIpc) is 3.52. The van der Waals surface area contributed by atoms with Gasteiger partial charge < -0.3 is 29.3 Å². The highest BCUT2D eigenvalue weighted by molar-refractivity contribution is 7.89. The fraction of sp³-hybridized carbons (Fsp3) is 0.643. The first-order valence-electron chi connectivity index (χ1n) is 14.4. The Kier molecular flexibility index (Phi) is 7.74. The second-order valence-corrected chi connectivity index (χ2v) is 13.5. The monoisotopic (exact) mass is 589 g/mol. The Morgan fingerprint density at radius 3 is 2.56 bits per heavy atom. The van der Waals surface area contributed by atoms with E-state index in [1.54, 1.807) is 18.2 Å². The average molecular weight is 590 g/mol. The number of aromatic nitrogens is 1. The Morgan fingerprint density at radius 2 is 1.85 bits per heavy atom. The van der Waals surface area contributed by atoms with Gasteiger partial charge >= 0.3 is 0 Å². The molecular weight excluding hydrogens is 550 g/mol. The molecule has 224 valence electrons. The van der Waals surface area contributed by atoms with Crippen molar-refractivity contribution in [3.8, 4) is 5.75 Å². The van der Waals surface area contributed by atoms with E-state index in [4.69, 9.17) is 14.0 Å². The van der Waals surface area contributed by atoms with Gasteiger partial charge in [-0.25, -0.2) is 8.42 Å². The first kappa shape index (κ1) is 28.4. The number of hydrogen-bond acceptors (Lipinski definition) is 10. The summed E-state index contributed by atoms with van der Waals surface area (Å²) in [6.45, 7) is 8.82. The summed E-state index contributed by atoms with van der Waals surface area (Å²) in [6.07, 6.45) is 1.05. The number of fused-ring (bicyclic) bond motifs is 2. The minimum Gasteiger partial charge on any atom is -0.492 e. The predicted molar refractivity (Wildman–Crippen MR) is 149 cm³/mol. The summed E-state index contributed by atoms with van der Waals surface area (Å²) in [6, 6.07) is 4.14. The number of nitrogens with zero attached hydrogens (tertiary/aromatic N) is 4. The van der Waals surface area contributed by atoms with Crippen LogP contribution in [0.2, 0.25) is 0 Å². The summed E-state index contributed by atoms with van der Waals surface area (Å²) in [4.78, 5) is 18.2. The van der Waals surface area contributed by atoms with Crippen LogP contribution in [0, 0.1) is 13.8 Å². The lowest BCUT2D eigenvalue weighted by Crippen LogP contribution is -2.59. The molecule has 3 fully saturated rings. The van der Waals surface area contributed by atoms with E-state index in [9.17, 15) is 18.3 Å². The summed E-state index contributed by atoms with van der Waals surface area (Å²) < 4.78 is 46.1. The predicted octanol–water partition coefficient (Wildman–Crippen LogP) is 1.19. The van der Waals surface area contributed by atoms with Crippen LogP contribution in [-0.2, 0) is 26.1 Å². The molecule has 1 amide bonds. The molecule has 13 heteroatoms. The number of ether oxygens (including phenoxy) is 2. The normalized spacial score (nSPS) is 27.0. The third-order valence-corrected chi connectivity index (χ3v) is 10.9. The van der Waals surface area contributed by atoms with Gasteiger partial charge in [0.05, 0.1) is 31.6 Å². The van der Waals surface area contributed by atoms with Gasteiger partial charge in [0.15, 0.2) is 0 Å². The lowest BCUT2D eigenvalue weighted by Gasteiger charge is -2.43. The first-order chi connectivity index (χ1) is 19.6. The van der Waals surface area contributed by atoms with Crippen molar-refractivity contribution in [1.29, 1.82) is 0 Å². The van der Waals surface area contributed by atoms with Crippen LogP contribution >= 0.6 is 0 Å². The maximum Gasteiger partial charge on any atom is 0.247 e. The number of aliphatic hydroxyl groups excluding tert-OH is 1. The molecule has 6 rings (SSSR count). The molecule has 0 bridgehead atoms. The van der Waals surface area contributed by atoms with Crippen molar-refractivity contribution in [1.82, 2.24) is 19.7 Å². The van der Waals surface area contributed by atoms with E-state index in [1.807, 2.05) is 13.8 Å². The van der Waals surface area contributed by atoms with Gasteiger partial charge in [-0.3, -0.25) is 9.69 Å². The maximum absolute atomic E-state index is 13.9. The van der Waals surface area contributed by atoms with Gasteiger partial charge in [-0.2, -0.15) is 4.31 Å². The molecule has 5 heterocycles. The number of amides is 1. The molecule has 4 aliphatic rings. The Labute approximate surface area is 240 Å². The zero-order valence-corrected chi connectivity index (χ0v) is 24.5. The Bertz CT molecular complexity index is 1360. The first-order valence-corrected chi connectivity index (χ1v) is 15.8. The number of aryl methyl sites for hydroxylation is 2. The van der Waals surface area contributed by atoms with Crippen LogP contribution in [0.1, 0.15) is 42.7 Å². The molecule has 0 saturated carbocycles. The minimum absolute atomic E-state index is 0.0200. The van der Waals surface area contributed by atoms with Crippen molar-refractivity contribution in [2.45, 2.75) is 68.7 Å². The largest absolute Gasteiger partial charge is 0.492 e. The second-order valence-electron chi connectivity index (χ2n) is 11.7. The molecule has 12 nitrogen and oxygen atoms in total. The van der Waals surface area contributed by atoms with Crippen LogP contribution in [0.25, 0.3) is 0 Å². The van der Waals surface area contributed by atoms with Crippen molar-refractivity contribution in [3.63, 3.8) is 0 Å². The van der Waals surface area contributed by atoms with Crippen LogP contribution < -0.4 is 15.0 Å². The fourth-order valence-corrected chi connectivity index (χ4v) is 8.23. The molecule has 0 radical (unpaired) electrons. The topological polar surface area (TPSA) is 138 Å². The molecular formula is C28H39N5O7S. The maximum atomic E-state index is 13.9. The zero-order chi connectivity index (χ0) is 28.8. The van der Waals surface area contributed by atoms with Crippen molar-refractivity contribution in [3.05, 3.63) is 35.2 Å². The van der Waals surface area contributed by atoms with Crippen LogP contribution in [0.15, 0.2) is 27.6 Å². The van der Waals surface area contributed by atoms with Crippen molar-refractivity contribution in [2.75, 3.05) is 57.4 Å². The molecule has 4 aliphatic heterocycles. The SMILES string of the molecule is Cc1noc(C)c1CN1CCC2(CCOc3cc(N4CCOCC4)ccc3S(=O)(=O)N3C[C@H](O)C[C@H]3C(=O)N2)CC1. The molecule has 1 aromatic carbocycles. The second kappa shape index (κ2) is 11.2. The zero-order valence-electron chi connectivity index (χ0n) is 23.7. The van der Waals surface area contributed by atoms with Crippen molar-refractivity contribution >= 4 is 21.6 Å². The van der Waals surface area contributed by atoms with E-state index in [2.05, 4.69) is 20.3 Å². The Morgan fingerprint density at radius 1 is 1.10 bits per heavy atom. The molecule has 1 aromatic heterocycles. The number of piperidine rings is 1. The summed E-state index contributed by atoms with van der Waals surface area (Å²) >= 11 is 0. The highest BCUT2D eigenvalue weighted by atomic mass is 32.2. The number of hydrogen-bond donors (Lipinski definition) is 2. The number of aliphatic hydroxyl groups is 1. The number of morpholine rings is 1. The number of carbonyl (C=O) groups excluding carboxylic acids is 1. The molecule has 2 atom stereocenters. The van der Waals surface area contributed by atoms with Gasteiger partial charge in [-0.05, 0) is 38.8 Å². The third kappa shape index (κ3) is 5.57. The highest BCUT2D eigenvalue weighted by Gasteiger charge is 2.47. The number of carbonyl (C=O) groups is 1. The van der Waals surface area contributed by atoms with Crippen LogP contribution in [0.5, 0.6) is 5.75 Å². The van der Waals surface area contributed by atoms with E-state index in [-0.39, 0.29) is 36.1 Å². The van der Waals surface area contributed by atoms with Gasteiger partial charge in [0, 0.05) is 75.0 Å². The summed E-state index contributed by atoms with van der Waals surface area (Å²) in [5.41, 5.74) is 2.29. The van der Waals surface area contributed by atoms with E-state index in [0.717, 1.165) is 46.6 Å². The summed E-state index contributed by atoms with van der Waals surface area (Å²) in [7, 11) is -4.12. The van der Waals surface area contributed by atoms with Gasteiger partial charge in [0.1, 0.15) is 22.4 Å². The van der Waals surface area contributed by atoms with E-state index in [1.165, 1.54) is 0 Å². The van der Waals surface area contributed by atoms with Gasteiger partial charge in [0.2, 0.25) is 15.9 Å². The number of anilines is 1. The van der Waals surface area contributed by atoms with Crippen LogP contribution in [0.4, 0.5) is 5.69 Å². The molecule has 1 spiro atoms. The van der Waals surface area contributed by atoms with Crippen LogP contribution in [-0.4, -0.2) is 104 Å². The summed E-state index contributed by atoms with van der Waals surface area (Å²) in [5, 5.41) is 17.8. The van der Waals surface area contributed by atoms with Crippen molar-refractivity contribution < 1.29 is 32.3 Å². The molecule has 0 aliphatic carbocycles. The Hall–Kier alpha value is -2.71. The molecule has 2 N–H and O–H groups in total. The van der Waals surface area contributed by atoms with Gasteiger partial charge in [-0.15, -0.1) is 0 Å². The number of sulfonamides is 1. The smallest absolute Gasteiger partial charge is 0.247 e. The van der Waals surface area contributed by atoms with E-state index < -0.39 is 27.7 Å². The number of nitrogens with one attached hydrogen (secondary N) is 1. The number of likely N-dealkylation sites (tertiary alicyclic amines) is 1. The number of rotatable bonds is 3. The third-order valence-electron chi connectivity index (χ3n) is 9.03. The molecule has 3 saturated heterocycles. The minimum atomic E-state index is -4.12. The van der Waals surface area contributed by atoms with Crippen LogP contribution in [0.3, 0.4) is 0 Å². The summed E-state index contributed by atoms with van der Waals surface area (Å²) in [5.74, 6) is 0.725. The lowest BCUT2D eigenvalue weighted by molar-refractivity contribution is -0.127. The standard InChI is InChI=1S/C28H39N5O7S/c1-19-23(20(2)40-30-19)18-31-8-5-28(6-9-31)7-12-39-25-15-21(32-10-13-38-14-11-32)3-4-26(25)41(36,37)33-17-22(34)16-24(33)27(35)29-28/h3-4,15,22,24,34H,5-14,16-18H2,1-2H3,(H,29,35)/t22-,24+/m1/s1. The van der Waals surface area contributed by atoms with E-state index >= 15 is 0 Å². The molecule has 41 heavy (non-hydrogen) atoms. The quantitative estimate of drug-likeness (QED) is 0.537. The highest BCUT2D eigenvalue weighted by Crippen LogP contribution is 2.37. The number of benzene rings is 1. The Balaban J connectivity index is 1.28. The van der Waals surface area contributed by atoms with Gasteiger partial charge in [0.25, 0.3) is 0 Å². The fourth-order valence-electron chi connectivity index (χ4n) is 6.48. The van der Waals surface area contributed by atoms with E-state index in [0.29, 0.717) is 45.6 Å². The van der Waals surface area contributed by atoms with Crippen molar-refractivity contribution in [2.24, 2.45) is 0 Å².